The van der Waals surface area contributed by atoms with Gasteiger partial charge in [0.15, 0.2) is 0 Å². The number of hydrogen-bond acceptors (Lipinski definition) is 4. The molecule has 0 fully saturated rings. The molecule has 0 saturated carbocycles. The van der Waals surface area contributed by atoms with E-state index in [1.807, 2.05) is 0 Å². The first-order chi connectivity index (χ1) is 11.2. The number of unbranched alkanes of at least 4 members (excludes halogenated alkanes) is 9. The van der Waals surface area contributed by atoms with Gasteiger partial charge in [-0.2, -0.15) is 0 Å². The van der Waals surface area contributed by atoms with Gasteiger partial charge in [0, 0.05) is 0 Å². The van der Waals surface area contributed by atoms with Crippen LogP contribution in [0.5, 0.6) is 0 Å². The second-order valence-electron chi connectivity index (χ2n) is 6.12. The molecule has 4 nitrogen and oxygen atoms in total. The van der Waals surface area contributed by atoms with Crippen LogP contribution in [0.1, 0.15) is 97.3 Å². The Hall–Kier alpha value is -1.06. The summed E-state index contributed by atoms with van der Waals surface area (Å²) in [7, 11) is 0. The van der Waals surface area contributed by atoms with Gasteiger partial charge in [0.1, 0.15) is 0 Å². The fraction of sp³-hybridized carbons (Fsp3) is 0.895. The monoisotopic (exact) mass is 328 g/mol. The number of rotatable bonds is 16. The van der Waals surface area contributed by atoms with Crippen molar-refractivity contribution in [1.82, 2.24) is 0 Å². The highest BCUT2D eigenvalue weighted by atomic mass is 16.5. The second kappa shape index (κ2) is 17.3. The minimum absolute atomic E-state index is 0.129. The minimum atomic E-state index is -0.297. The Balaban J connectivity index is 3.34. The summed E-state index contributed by atoms with van der Waals surface area (Å²) in [5.74, 6) is -0.590. The molecule has 0 amide bonds. The van der Waals surface area contributed by atoms with E-state index < -0.39 is 0 Å². The number of carbonyl (C=O) groups is 2. The van der Waals surface area contributed by atoms with E-state index in [1.165, 1.54) is 44.9 Å². The molecule has 0 aliphatic rings. The quantitative estimate of drug-likeness (QED) is 0.289. The van der Waals surface area contributed by atoms with Gasteiger partial charge in [-0.3, -0.25) is 9.59 Å². The summed E-state index contributed by atoms with van der Waals surface area (Å²) in [5.41, 5.74) is 0. The topological polar surface area (TPSA) is 52.6 Å². The highest BCUT2D eigenvalue weighted by Gasteiger charge is 2.08. The van der Waals surface area contributed by atoms with Crippen molar-refractivity contribution < 1.29 is 19.1 Å². The number of hydrogen-bond donors (Lipinski definition) is 0. The third-order valence-electron chi connectivity index (χ3n) is 3.81. The molecule has 0 aliphatic heterocycles. The Bertz CT molecular complexity index is 289. The Morgan fingerprint density at radius 1 is 0.565 bits per heavy atom. The lowest BCUT2D eigenvalue weighted by Gasteiger charge is -2.06. The number of ether oxygens (including phenoxy) is 2. The van der Waals surface area contributed by atoms with E-state index in [2.05, 4.69) is 13.8 Å². The smallest absolute Gasteiger partial charge is 0.306 e. The maximum absolute atomic E-state index is 11.5. The lowest BCUT2D eigenvalue weighted by molar-refractivity contribution is -0.150. The molecule has 0 heterocycles. The van der Waals surface area contributed by atoms with Crippen LogP contribution in [0.25, 0.3) is 0 Å². The Kier molecular flexibility index (Phi) is 16.5. The predicted octanol–water partition coefficient (Wildman–Crippen LogP) is 5.18. The van der Waals surface area contributed by atoms with Crippen LogP contribution in [0, 0.1) is 0 Å². The fourth-order valence-electron chi connectivity index (χ4n) is 2.31. The molecule has 0 atom stereocenters. The van der Waals surface area contributed by atoms with Gasteiger partial charge in [-0.1, -0.05) is 71.6 Å². The molecule has 0 saturated heterocycles. The zero-order valence-electron chi connectivity index (χ0n) is 15.2. The lowest BCUT2D eigenvalue weighted by atomic mass is 10.1. The standard InChI is InChI=1S/C19H36O4/c1-3-5-7-9-10-11-13-17-23-19(21)15-14-18(20)22-16-12-8-6-4-2/h3-17H2,1-2H3. The van der Waals surface area contributed by atoms with Crippen LogP contribution < -0.4 is 0 Å². The average molecular weight is 328 g/mol. The predicted molar refractivity (Wildman–Crippen MR) is 93.3 cm³/mol. The van der Waals surface area contributed by atoms with Gasteiger partial charge in [-0.05, 0) is 12.8 Å². The molecule has 4 heteroatoms. The first-order valence-electron chi connectivity index (χ1n) is 9.52. The van der Waals surface area contributed by atoms with Crippen molar-refractivity contribution in [3.05, 3.63) is 0 Å². The van der Waals surface area contributed by atoms with Crippen LogP contribution in [-0.2, 0) is 19.1 Å². The maximum Gasteiger partial charge on any atom is 0.306 e. The van der Waals surface area contributed by atoms with Gasteiger partial charge in [0.05, 0.1) is 26.1 Å². The van der Waals surface area contributed by atoms with Gasteiger partial charge < -0.3 is 9.47 Å². The summed E-state index contributed by atoms with van der Waals surface area (Å²) in [6.07, 6.45) is 13.0. The van der Waals surface area contributed by atoms with E-state index in [1.54, 1.807) is 0 Å². The summed E-state index contributed by atoms with van der Waals surface area (Å²) in [4.78, 5) is 23.0. The van der Waals surface area contributed by atoms with E-state index >= 15 is 0 Å². The third kappa shape index (κ3) is 17.1. The van der Waals surface area contributed by atoms with Gasteiger partial charge >= 0.3 is 11.9 Å². The highest BCUT2D eigenvalue weighted by Crippen LogP contribution is 2.07. The zero-order chi connectivity index (χ0) is 17.2. The normalized spacial score (nSPS) is 10.5. The number of carbonyl (C=O) groups excluding carboxylic acids is 2. The summed E-state index contributed by atoms with van der Waals surface area (Å²) in [5, 5.41) is 0. The molecule has 0 rings (SSSR count). The van der Waals surface area contributed by atoms with Crippen LogP contribution in [0.3, 0.4) is 0 Å². The van der Waals surface area contributed by atoms with E-state index in [-0.39, 0.29) is 24.8 Å². The molecule has 0 unspecified atom stereocenters. The van der Waals surface area contributed by atoms with E-state index in [9.17, 15) is 9.59 Å². The van der Waals surface area contributed by atoms with Crippen molar-refractivity contribution >= 4 is 11.9 Å². The lowest BCUT2D eigenvalue weighted by Crippen LogP contribution is -2.11. The van der Waals surface area contributed by atoms with Gasteiger partial charge in [0.2, 0.25) is 0 Å². The van der Waals surface area contributed by atoms with Crippen LogP contribution in [0.2, 0.25) is 0 Å². The molecule has 0 aromatic heterocycles. The minimum Gasteiger partial charge on any atom is -0.466 e. The van der Waals surface area contributed by atoms with Crippen molar-refractivity contribution in [2.24, 2.45) is 0 Å². The van der Waals surface area contributed by atoms with Crippen LogP contribution >= 0.6 is 0 Å². The molecule has 0 aromatic rings. The SMILES string of the molecule is CCCCCCCCCOC(=O)CCC(=O)OCCCCCC. The average Bonchev–Trinajstić information content (AvgIpc) is 2.55. The van der Waals surface area contributed by atoms with Crippen LogP contribution in [0.4, 0.5) is 0 Å². The molecule has 0 radical (unpaired) electrons. The second-order valence-corrected chi connectivity index (χ2v) is 6.12. The summed E-state index contributed by atoms with van der Waals surface area (Å²) < 4.78 is 10.2. The molecule has 0 spiro atoms. The first-order valence-corrected chi connectivity index (χ1v) is 9.52. The van der Waals surface area contributed by atoms with Crippen molar-refractivity contribution in [3.63, 3.8) is 0 Å². The highest BCUT2D eigenvalue weighted by molar-refractivity contribution is 5.77. The van der Waals surface area contributed by atoms with Gasteiger partial charge in [-0.25, -0.2) is 0 Å². The van der Waals surface area contributed by atoms with Crippen LogP contribution in [0.15, 0.2) is 0 Å². The summed E-state index contributed by atoms with van der Waals surface area (Å²) in [6, 6.07) is 0. The largest absolute Gasteiger partial charge is 0.466 e. The van der Waals surface area contributed by atoms with E-state index in [0.29, 0.717) is 13.2 Å². The Morgan fingerprint density at radius 2 is 0.913 bits per heavy atom. The molecule has 0 aliphatic carbocycles. The third-order valence-corrected chi connectivity index (χ3v) is 3.81. The van der Waals surface area contributed by atoms with Crippen molar-refractivity contribution in [1.29, 1.82) is 0 Å². The fourth-order valence-corrected chi connectivity index (χ4v) is 2.31. The van der Waals surface area contributed by atoms with Crippen molar-refractivity contribution in [2.75, 3.05) is 13.2 Å². The maximum atomic E-state index is 11.5. The zero-order valence-corrected chi connectivity index (χ0v) is 15.2. The van der Waals surface area contributed by atoms with E-state index in [4.69, 9.17) is 9.47 Å². The Labute approximate surface area is 142 Å². The Morgan fingerprint density at radius 3 is 1.35 bits per heavy atom. The molecule has 136 valence electrons. The summed E-state index contributed by atoms with van der Waals surface area (Å²) in [6.45, 7) is 5.29. The molecule has 0 aromatic carbocycles. The van der Waals surface area contributed by atoms with E-state index in [0.717, 1.165) is 25.7 Å². The molecular formula is C19H36O4. The van der Waals surface area contributed by atoms with Crippen molar-refractivity contribution in [3.8, 4) is 0 Å². The molecule has 0 N–H and O–H groups in total. The van der Waals surface area contributed by atoms with Gasteiger partial charge in [0.25, 0.3) is 0 Å². The molecule has 23 heavy (non-hydrogen) atoms. The first kappa shape index (κ1) is 21.9. The van der Waals surface area contributed by atoms with Crippen LogP contribution in [-0.4, -0.2) is 25.2 Å². The number of esters is 2. The summed E-state index contributed by atoms with van der Waals surface area (Å²) >= 11 is 0. The molecule has 0 bridgehead atoms. The van der Waals surface area contributed by atoms with Gasteiger partial charge in [-0.15, -0.1) is 0 Å². The van der Waals surface area contributed by atoms with Crippen molar-refractivity contribution in [2.45, 2.75) is 97.3 Å². The molecular weight excluding hydrogens is 292 g/mol.